The summed E-state index contributed by atoms with van der Waals surface area (Å²) in [4.78, 5) is 11.9. The SMILES string of the molecule is CC(C)c1ccccc1OCC(=O)Nc1ccc(Br)cc1. The highest BCUT2D eigenvalue weighted by Gasteiger charge is 2.09. The van der Waals surface area contributed by atoms with E-state index in [1.807, 2.05) is 48.5 Å². The van der Waals surface area contributed by atoms with Gasteiger partial charge in [0.25, 0.3) is 5.91 Å². The van der Waals surface area contributed by atoms with Crippen molar-refractivity contribution in [3.8, 4) is 5.75 Å². The first-order chi connectivity index (χ1) is 10.1. The molecule has 0 spiro atoms. The molecule has 4 heteroatoms. The minimum absolute atomic E-state index is 0.000201. The van der Waals surface area contributed by atoms with Crippen LogP contribution in [0.25, 0.3) is 0 Å². The predicted molar refractivity (Wildman–Crippen MR) is 88.8 cm³/mol. The molecule has 2 aromatic rings. The van der Waals surface area contributed by atoms with Crippen LogP contribution in [-0.4, -0.2) is 12.5 Å². The summed E-state index contributed by atoms with van der Waals surface area (Å²) in [5.74, 6) is 0.949. The first-order valence-corrected chi connectivity index (χ1v) is 7.62. The topological polar surface area (TPSA) is 38.3 Å². The van der Waals surface area contributed by atoms with Crippen molar-refractivity contribution in [3.05, 3.63) is 58.6 Å². The molecule has 1 N–H and O–H groups in total. The number of halogens is 1. The Bertz CT molecular complexity index is 608. The molecule has 0 fully saturated rings. The van der Waals surface area contributed by atoms with Crippen LogP contribution in [0.5, 0.6) is 5.75 Å². The molecule has 0 unspecified atom stereocenters. The maximum atomic E-state index is 11.9. The number of carbonyl (C=O) groups excluding carboxylic acids is 1. The zero-order chi connectivity index (χ0) is 15.2. The highest BCUT2D eigenvalue weighted by atomic mass is 79.9. The number of benzene rings is 2. The molecule has 2 rings (SSSR count). The number of nitrogens with one attached hydrogen (secondary N) is 1. The van der Waals surface area contributed by atoms with E-state index in [-0.39, 0.29) is 12.5 Å². The number of rotatable bonds is 5. The number of carbonyl (C=O) groups is 1. The van der Waals surface area contributed by atoms with Gasteiger partial charge in [0.15, 0.2) is 6.61 Å². The van der Waals surface area contributed by atoms with Crippen molar-refractivity contribution >= 4 is 27.5 Å². The van der Waals surface area contributed by atoms with Crippen LogP contribution in [0, 0.1) is 0 Å². The molecular formula is C17H18BrNO2. The lowest BCUT2D eigenvalue weighted by Gasteiger charge is -2.13. The molecule has 0 saturated carbocycles. The fourth-order valence-electron chi connectivity index (χ4n) is 1.96. The summed E-state index contributed by atoms with van der Waals surface area (Å²) in [6, 6.07) is 15.2. The number of amides is 1. The molecular weight excluding hydrogens is 330 g/mol. The number of hydrogen-bond donors (Lipinski definition) is 1. The minimum Gasteiger partial charge on any atom is -0.483 e. The second-order valence-corrected chi connectivity index (χ2v) is 5.95. The van der Waals surface area contributed by atoms with Crippen LogP contribution in [-0.2, 0) is 4.79 Å². The monoisotopic (exact) mass is 347 g/mol. The summed E-state index contributed by atoms with van der Waals surface area (Å²) in [7, 11) is 0. The van der Waals surface area contributed by atoms with E-state index >= 15 is 0 Å². The van der Waals surface area contributed by atoms with Crippen molar-refractivity contribution in [1.82, 2.24) is 0 Å². The molecule has 0 aliphatic carbocycles. The van der Waals surface area contributed by atoms with Crippen LogP contribution in [0.3, 0.4) is 0 Å². The summed E-state index contributed by atoms with van der Waals surface area (Å²) >= 11 is 3.36. The number of anilines is 1. The number of hydrogen-bond acceptors (Lipinski definition) is 2. The molecule has 0 atom stereocenters. The molecule has 0 aliphatic rings. The van der Waals surface area contributed by atoms with Crippen molar-refractivity contribution in [2.75, 3.05) is 11.9 Å². The van der Waals surface area contributed by atoms with Gasteiger partial charge in [0.1, 0.15) is 5.75 Å². The fourth-order valence-corrected chi connectivity index (χ4v) is 2.23. The van der Waals surface area contributed by atoms with E-state index in [1.54, 1.807) is 0 Å². The molecule has 0 aliphatic heterocycles. The Labute approximate surface area is 133 Å². The van der Waals surface area contributed by atoms with E-state index in [0.29, 0.717) is 5.92 Å². The van der Waals surface area contributed by atoms with Crippen LogP contribution in [0.1, 0.15) is 25.3 Å². The van der Waals surface area contributed by atoms with Gasteiger partial charge in [0, 0.05) is 10.2 Å². The summed E-state index contributed by atoms with van der Waals surface area (Å²) in [5.41, 5.74) is 1.86. The van der Waals surface area contributed by atoms with Crippen molar-refractivity contribution in [2.24, 2.45) is 0 Å². The van der Waals surface area contributed by atoms with Gasteiger partial charge in [-0.05, 0) is 41.8 Å². The standard InChI is InChI=1S/C17H18BrNO2/c1-12(2)15-5-3-4-6-16(15)21-11-17(20)19-14-9-7-13(18)8-10-14/h3-10,12H,11H2,1-2H3,(H,19,20). The number of ether oxygens (including phenoxy) is 1. The maximum Gasteiger partial charge on any atom is 0.262 e. The van der Waals surface area contributed by atoms with Crippen LogP contribution >= 0.6 is 15.9 Å². The Balaban J connectivity index is 1.94. The summed E-state index contributed by atoms with van der Waals surface area (Å²) in [6.45, 7) is 4.20. The van der Waals surface area contributed by atoms with Gasteiger partial charge in [-0.15, -0.1) is 0 Å². The summed E-state index contributed by atoms with van der Waals surface area (Å²) < 4.78 is 6.61. The highest BCUT2D eigenvalue weighted by Crippen LogP contribution is 2.25. The molecule has 21 heavy (non-hydrogen) atoms. The van der Waals surface area contributed by atoms with Crippen LogP contribution in [0.4, 0.5) is 5.69 Å². The largest absolute Gasteiger partial charge is 0.483 e. The van der Waals surface area contributed by atoms with Gasteiger partial charge in [-0.2, -0.15) is 0 Å². The predicted octanol–water partition coefficient (Wildman–Crippen LogP) is 4.59. The molecule has 0 aromatic heterocycles. The molecule has 110 valence electrons. The average molecular weight is 348 g/mol. The van der Waals surface area contributed by atoms with Gasteiger partial charge in [-0.25, -0.2) is 0 Å². The van der Waals surface area contributed by atoms with E-state index in [2.05, 4.69) is 35.1 Å². The molecule has 2 aromatic carbocycles. The van der Waals surface area contributed by atoms with Gasteiger partial charge < -0.3 is 10.1 Å². The maximum absolute atomic E-state index is 11.9. The molecule has 3 nitrogen and oxygen atoms in total. The van der Waals surface area contributed by atoms with Gasteiger partial charge >= 0.3 is 0 Å². The lowest BCUT2D eigenvalue weighted by Crippen LogP contribution is -2.20. The quantitative estimate of drug-likeness (QED) is 0.858. The molecule has 0 bridgehead atoms. The van der Waals surface area contributed by atoms with Crippen molar-refractivity contribution < 1.29 is 9.53 Å². The Morgan fingerprint density at radius 3 is 2.48 bits per heavy atom. The third kappa shape index (κ3) is 4.60. The summed E-state index contributed by atoms with van der Waals surface area (Å²) in [5, 5.41) is 2.80. The molecule has 1 amide bonds. The minimum atomic E-state index is -0.170. The van der Waals surface area contributed by atoms with E-state index in [1.165, 1.54) is 0 Å². The first-order valence-electron chi connectivity index (χ1n) is 6.83. The van der Waals surface area contributed by atoms with Gasteiger partial charge in [0.2, 0.25) is 0 Å². The van der Waals surface area contributed by atoms with Crippen molar-refractivity contribution in [3.63, 3.8) is 0 Å². The van der Waals surface area contributed by atoms with Gasteiger partial charge in [-0.3, -0.25) is 4.79 Å². The third-order valence-electron chi connectivity index (χ3n) is 3.03. The normalized spacial score (nSPS) is 10.5. The Hall–Kier alpha value is -1.81. The molecule has 0 saturated heterocycles. The Morgan fingerprint density at radius 2 is 1.81 bits per heavy atom. The zero-order valence-corrected chi connectivity index (χ0v) is 13.7. The van der Waals surface area contributed by atoms with E-state index in [0.717, 1.165) is 21.5 Å². The van der Waals surface area contributed by atoms with Crippen LogP contribution < -0.4 is 10.1 Å². The highest BCUT2D eigenvalue weighted by molar-refractivity contribution is 9.10. The number of para-hydroxylation sites is 1. The van der Waals surface area contributed by atoms with Crippen LogP contribution in [0.15, 0.2) is 53.0 Å². The van der Waals surface area contributed by atoms with Crippen LogP contribution in [0.2, 0.25) is 0 Å². The lowest BCUT2D eigenvalue weighted by molar-refractivity contribution is -0.118. The van der Waals surface area contributed by atoms with E-state index < -0.39 is 0 Å². The Morgan fingerprint density at radius 1 is 1.14 bits per heavy atom. The van der Waals surface area contributed by atoms with Gasteiger partial charge in [-0.1, -0.05) is 48.0 Å². The van der Waals surface area contributed by atoms with Gasteiger partial charge in [0.05, 0.1) is 0 Å². The second kappa shape index (κ2) is 7.27. The first kappa shape index (κ1) is 15.6. The van der Waals surface area contributed by atoms with E-state index in [4.69, 9.17) is 4.74 Å². The molecule has 0 heterocycles. The summed E-state index contributed by atoms with van der Waals surface area (Å²) in [6.07, 6.45) is 0. The Kier molecular flexibility index (Phi) is 5.39. The lowest BCUT2D eigenvalue weighted by atomic mass is 10.0. The smallest absolute Gasteiger partial charge is 0.262 e. The van der Waals surface area contributed by atoms with Crippen molar-refractivity contribution in [2.45, 2.75) is 19.8 Å². The molecule has 0 radical (unpaired) electrons. The third-order valence-corrected chi connectivity index (χ3v) is 3.56. The van der Waals surface area contributed by atoms with E-state index in [9.17, 15) is 4.79 Å². The average Bonchev–Trinajstić information content (AvgIpc) is 2.48. The second-order valence-electron chi connectivity index (χ2n) is 5.04. The fraction of sp³-hybridized carbons (Fsp3) is 0.235. The van der Waals surface area contributed by atoms with Crippen molar-refractivity contribution in [1.29, 1.82) is 0 Å². The zero-order valence-electron chi connectivity index (χ0n) is 12.1.